The molecule has 2 heterocycles. The first kappa shape index (κ1) is 36.0. The molecule has 12 rings (SSSR count). The van der Waals surface area contributed by atoms with Crippen LogP contribution >= 0.6 is 11.3 Å². The molecule has 10 aromatic carbocycles. The summed E-state index contributed by atoms with van der Waals surface area (Å²) >= 11 is 1.88. The molecule has 0 radical (unpaired) electrons. The van der Waals surface area contributed by atoms with Crippen LogP contribution in [0, 0.1) is 0 Å². The van der Waals surface area contributed by atoms with Gasteiger partial charge >= 0.3 is 0 Å². The summed E-state index contributed by atoms with van der Waals surface area (Å²) in [6.45, 7) is 0. The predicted molar refractivity (Wildman–Crippen MR) is 266 cm³/mol. The molecule has 0 bridgehead atoms. The Morgan fingerprint density at radius 1 is 0.339 bits per heavy atom. The third-order valence-electron chi connectivity index (χ3n) is 12.1. The van der Waals surface area contributed by atoms with Crippen molar-refractivity contribution in [3.05, 3.63) is 237 Å². The highest BCUT2D eigenvalue weighted by molar-refractivity contribution is 7.26. The second-order valence-electron chi connectivity index (χ2n) is 15.7. The van der Waals surface area contributed by atoms with Crippen LogP contribution < -0.4 is 9.80 Å². The van der Waals surface area contributed by atoms with E-state index in [0.717, 1.165) is 39.8 Å². The summed E-state index contributed by atoms with van der Waals surface area (Å²) in [6, 6.07) is 85.8. The quantitative estimate of drug-likeness (QED) is 0.151. The van der Waals surface area contributed by atoms with Crippen molar-refractivity contribution in [2.24, 2.45) is 0 Å². The minimum atomic E-state index is 1.08. The van der Waals surface area contributed by atoms with Crippen molar-refractivity contribution in [1.29, 1.82) is 0 Å². The second kappa shape index (κ2) is 15.0. The lowest BCUT2D eigenvalue weighted by molar-refractivity contribution is 1.18. The number of fused-ring (bicyclic) bond motifs is 8. The van der Waals surface area contributed by atoms with E-state index in [2.05, 4.69) is 251 Å². The lowest BCUT2D eigenvalue weighted by Gasteiger charge is -2.29. The Bertz CT molecular complexity index is 3560. The van der Waals surface area contributed by atoms with E-state index in [9.17, 15) is 0 Å². The van der Waals surface area contributed by atoms with Gasteiger partial charge in [-0.2, -0.15) is 0 Å². The lowest BCUT2D eigenvalue weighted by Crippen LogP contribution is -2.12. The Morgan fingerprint density at radius 3 is 1.65 bits per heavy atom. The SMILES string of the molecule is c1ccc(-c2ccc(N(c3ccc(N(c4ccccc4)c4ccc5c6ccccc6n(-c6ccccc6)c5c4)cc3)c3cccc4sc5c6ccccc6ccc5c34)cc2)cc1. The van der Waals surface area contributed by atoms with Crippen LogP contribution in [0.1, 0.15) is 0 Å². The largest absolute Gasteiger partial charge is 0.310 e. The highest BCUT2D eigenvalue weighted by atomic mass is 32.1. The van der Waals surface area contributed by atoms with E-state index in [4.69, 9.17) is 0 Å². The molecule has 0 saturated heterocycles. The maximum Gasteiger partial charge on any atom is 0.0561 e. The fourth-order valence-electron chi connectivity index (χ4n) is 9.31. The van der Waals surface area contributed by atoms with Gasteiger partial charge in [0.25, 0.3) is 0 Å². The zero-order chi connectivity index (χ0) is 41.0. The van der Waals surface area contributed by atoms with Crippen molar-refractivity contribution in [1.82, 2.24) is 4.57 Å². The Balaban J connectivity index is 1.02. The summed E-state index contributed by atoms with van der Waals surface area (Å²) in [5, 5.41) is 7.58. The topological polar surface area (TPSA) is 11.4 Å². The van der Waals surface area contributed by atoms with Gasteiger partial charge < -0.3 is 14.4 Å². The summed E-state index contributed by atoms with van der Waals surface area (Å²) in [5.74, 6) is 0. The number of benzene rings is 10. The molecule has 292 valence electrons. The molecular weight excluding hydrogens is 771 g/mol. The van der Waals surface area contributed by atoms with Crippen LogP contribution in [0.25, 0.3) is 69.6 Å². The fourth-order valence-corrected chi connectivity index (χ4v) is 10.6. The van der Waals surface area contributed by atoms with Gasteiger partial charge in [-0.3, -0.25) is 0 Å². The minimum absolute atomic E-state index is 1.08. The number of anilines is 6. The number of para-hydroxylation sites is 3. The number of aromatic nitrogens is 1. The van der Waals surface area contributed by atoms with Crippen molar-refractivity contribution >= 4 is 98.2 Å². The zero-order valence-corrected chi connectivity index (χ0v) is 34.6. The molecule has 0 unspecified atom stereocenters. The highest BCUT2D eigenvalue weighted by Gasteiger charge is 2.22. The molecule has 3 nitrogen and oxygen atoms in total. The van der Waals surface area contributed by atoms with Crippen LogP contribution in [-0.2, 0) is 0 Å². The third-order valence-corrected chi connectivity index (χ3v) is 13.4. The van der Waals surface area contributed by atoms with Crippen LogP contribution in [0.4, 0.5) is 34.1 Å². The van der Waals surface area contributed by atoms with Gasteiger partial charge in [-0.05, 0) is 113 Å². The van der Waals surface area contributed by atoms with Gasteiger partial charge in [0.15, 0.2) is 0 Å². The molecule has 4 heteroatoms. The summed E-state index contributed by atoms with van der Waals surface area (Å²) in [6.07, 6.45) is 0. The molecule has 0 fully saturated rings. The van der Waals surface area contributed by atoms with Crippen molar-refractivity contribution in [2.75, 3.05) is 9.80 Å². The lowest BCUT2D eigenvalue weighted by atomic mass is 10.0. The summed E-state index contributed by atoms with van der Waals surface area (Å²) in [5.41, 5.74) is 12.5. The Morgan fingerprint density at radius 2 is 0.887 bits per heavy atom. The van der Waals surface area contributed by atoms with Gasteiger partial charge in [0.1, 0.15) is 0 Å². The second-order valence-corrected chi connectivity index (χ2v) is 16.8. The Labute approximate surface area is 364 Å². The third kappa shape index (κ3) is 6.03. The van der Waals surface area contributed by atoms with E-state index < -0.39 is 0 Å². The molecule has 2 aromatic heterocycles. The normalized spacial score (nSPS) is 11.5. The molecule has 0 N–H and O–H groups in total. The van der Waals surface area contributed by atoms with E-state index in [1.165, 1.54) is 63.9 Å². The van der Waals surface area contributed by atoms with Crippen LogP contribution in [-0.4, -0.2) is 4.57 Å². The molecule has 0 amide bonds. The number of hydrogen-bond acceptors (Lipinski definition) is 3. The van der Waals surface area contributed by atoms with E-state index >= 15 is 0 Å². The Kier molecular flexibility index (Phi) is 8.68. The average Bonchev–Trinajstić information content (AvgIpc) is 3.90. The maximum absolute atomic E-state index is 2.43. The molecule has 0 atom stereocenters. The van der Waals surface area contributed by atoms with Crippen LogP contribution in [0.5, 0.6) is 0 Å². The highest BCUT2D eigenvalue weighted by Crippen LogP contribution is 2.48. The zero-order valence-electron chi connectivity index (χ0n) is 33.8. The summed E-state index contributed by atoms with van der Waals surface area (Å²) in [7, 11) is 0. The molecule has 12 aromatic rings. The molecule has 0 aliphatic rings. The van der Waals surface area contributed by atoms with Gasteiger partial charge in [-0.15, -0.1) is 11.3 Å². The minimum Gasteiger partial charge on any atom is -0.310 e. The van der Waals surface area contributed by atoms with Gasteiger partial charge in [0.05, 0.1) is 16.7 Å². The molecule has 0 aliphatic carbocycles. The first-order chi connectivity index (χ1) is 30.8. The van der Waals surface area contributed by atoms with Crippen LogP contribution in [0.3, 0.4) is 0 Å². The molecular formula is C58H39N3S. The predicted octanol–water partition coefficient (Wildman–Crippen LogP) is 16.9. The average molecular weight is 810 g/mol. The first-order valence-electron chi connectivity index (χ1n) is 21.1. The number of hydrogen-bond donors (Lipinski definition) is 0. The van der Waals surface area contributed by atoms with Crippen molar-refractivity contribution < 1.29 is 0 Å². The van der Waals surface area contributed by atoms with Crippen LogP contribution in [0.15, 0.2) is 237 Å². The maximum atomic E-state index is 2.43. The van der Waals surface area contributed by atoms with E-state index in [1.807, 2.05) is 11.3 Å². The standard InChI is InChI=1S/C58H39N3S/c1-4-15-40(16-5-1)41-27-30-46(31-28-41)60(54-25-14-26-56-57(54)52-37-29-42-17-10-11-22-49(42)58(52)62-56)47-34-32-45(33-35-47)59(43-18-6-2-7-19-43)48-36-38-51-50-23-12-13-24-53(50)61(55(51)39-48)44-20-8-3-9-21-44/h1-39H. The number of nitrogens with zero attached hydrogens (tertiary/aromatic N) is 3. The summed E-state index contributed by atoms with van der Waals surface area (Å²) < 4.78 is 4.98. The van der Waals surface area contributed by atoms with Gasteiger partial charge in [-0.25, -0.2) is 0 Å². The molecule has 0 spiro atoms. The molecule has 62 heavy (non-hydrogen) atoms. The van der Waals surface area contributed by atoms with E-state index in [0.29, 0.717) is 0 Å². The van der Waals surface area contributed by atoms with E-state index in [-0.39, 0.29) is 0 Å². The number of thiophene rings is 1. The van der Waals surface area contributed by atoms with Gasteiger partial charge in [0, 0.05) is 65.1 Å². The Hall–Kier alpha value is -7.92. The van der Waals surface area contributed by atoms with E-state index in [1.54, 1.807) is 0 Å². The fraction of sp³-hybridized carbons (Fsp3) is 0. The monoisotopic (exact) mass is 809 g/mol. The van der Waals surface area contributed by atoms with Crippen LogP contribution in [0.2, 0.25) is 0 Å². The van der Waals surface area contributed by atoms with Gasteiger partial charge in [0.2, 0.25) is 0 Å². The molecule has 0 aliphatic heterocycles. The van der Waals surface area contributed by atoms with Crippen molar-refractivity contribution in [2.45, 2.75) is 0 Å². The number of rotatable bonds is 8. The van der Waals surface area contributed by atoms with Crippen molar-refractivity contribution in [3.63, 3.8) is 0 Å². The summed E-state index contributed by atoms with van der Waals surface area (Å²) in [4.78, 5) is 4.80. The van der Waals surface area contributed by atoms with Gasteiger partial charge in [-0.1, -0.05) is 146 Å². The molecule has 0 saturated carbocycles. The smallest absolute Gasteiger partial charge is 0.0561 e. The first-order valence-corrected chi connectivity index (χ1v) is 21.9. The van der Waals surface area contributed by atoms with Crippen molar-refractivity contribution in [3.8, 4) is 16.8 Å².